The molecule has 1 amide bonds. The van der Waals surface area contributed by atoms with Crippen LogP contribution in [0.3, 0.4) is 0 Å². The van der Waals surface area contributed by atoms with Crippen molar-refractivity contribution in [1.29, 1.82) is 4.78 Å². The molecule has 3 aromatic heterocycles. The van der Waals surface area contributed by atoms with E-state index in [9.17, 15) is 9.00 Å². The third-order valence-electron chi connectivity index (χ3n) is 8.53. The van der Waals surface area contributed by atoms with Gasteiger partial charge in [0.1, 0.15) is 11.6 Å². The summed E-state index contributed by atoms with van der Waals surface area (Å²) in [6.07, 6.45) is 8.19. The van der Waals surface area contributed by atoms with Gasteiger partial charge in [0.25, 0.3) is 5.91 Å². The van der Waals surface area contributed by atoms with Gasteiger partial charge in [0, 0.05) is 30.9 Å². The Balaban J connectivity index is 1.34. The minimum absolute atomic E-state index is 0.00115. The van der Waals surface area contributed by atoms with E-state index in [2.05, 4.69) is 45.8 Å². The van der Waals surface area contributed by atoms with Gasteiger partial charge < -0.3 is 15.0 Å². The van der Waals surface area contributed by atoms with Gasteiger partial charge in [0.05, 0.1) is 12.2 Å². The molecule has 4 bridgehead atoms. The fourth-order valence-corrected chi connectivity index (χ4v) is 6.77. The van der Waals surface area contributed by atoms with E-state index < -0.39 is 15.8 Å². The average Bonchev–Trinajstić information content (AvgIpc) is 3.33. The maximum atomic E-state index is 13.6. The molecule has 5 heterocycles. The second kappa shape index (κ2) is 10.3. The van der Waals surface area contributed by atoms with Gasteiger partial charge in [-0.1, -0.05) is 13.0 Å². The zero-order valence-corrected chi connectivity index (χ0v) is 24.7. The molecular weight excluding hydrogens is 540 g/mol. The molecular formula is C29H38N8O3S. The third kappa shape index (κ3) is 5.88. The third-order valence-corrected chi connectivity index (χ3v) is 9.82. The van der Waals surface area contributed by atoms with Crippen molar-refractivity contribution >= 4 is 27.5 Å². The number of rotatable bonds is 5. The van der Waals surface area contributed by atoms with Crippen LogP contribution in [-0.4, -0.2) is 55.1 Å². The number of aromatic nitrogens is 4. The molecule has 3 N–H and O–H groups in total. The predicted octanol–water partition coefficient (Wildman–Crippen LogP) is 4.79. The lowest BCUT2D eigenvalue weighted by atomic mass is 9.93. The van der Waals surface area contributed by atoms with Crippen molar-refractivity contribution in [2.45, 2.75) is 69.9 Å². The molecule has 1 saturated heterocycles. The maximum Gasteiger partial charge on any atom is 0.267 e. The number of anilines is 2. The Hall–Kier alpha value is -3.67. The largest absolute Gasteiger partial charge is 0.477 e. The summed E-state index contributed by atoms with van der Waals surface area (Å²) in [7, 11) is -3.72. The molecule has 0 aromatic carbocycles. The molecule has 3 aliphatic rings. The molecule has 2 fully saturated rings. The molecule has 12 heteroatoms. The molecule has 0 spiro atoms. The molecule has 3 aromatic rings. The SMILES string of the molecule is CC1(CCOc2ccn(-c3ccc4c(n3)N3CC(CCCNc5cccc(n5)S(=N)(=O)NC4=O)CC3(C)C)n2)CC1. The molecule has 2 unspecified atom stereocenters. The zero-order valence-electron chi connectivity index (χ0n) is 23.9. The number of nitrogens with one attached hydrogen (secondary N) is 3. The highest BCUT2D eigenvalue weighted by molar-refractivity contribution is 7.91. The van der Waals surface area contributed by atoms with Crippen LogP contribution in [0.25, 0.3) is 5.82 Å². The van der Waals surface area contributed by atoms with Gasteiger partial charge in [0.2, 0.25) is 5.88 Å². The zero-order chi connectivity index (χ0) is 28.8. The Kier molecular flexibility index (Phi) is 6.91. The van der Waals surface area contributed by atoms with E-state index in [1.807, 2.05) is 6.07 Å². The van der Waals surface area contributed by atoms with Gasteiger partial charge in [-0.25, -0.2) is 23.6 Å². The summed E-state index contributed by atoms with van der Waals surface area (Å²) in [4.78, 5) is 25.1. The number of nitrogens with zero attached hydrogens (tertiary/aromatic N) is 5. The fraction of sp³-hybridized carbons (Fsp3) is 0.517. The topological polar surface area (TPSA) is 138 Å². The van der Waals surface area contributed by atoms with E-state index in [-0.39, 0.29) is 16.1 Å². The summed E-state index contributed by atoms with van der Waals surface area (Å²) in [5, 5.41) is 7.85. The number of carbonyl (C=O) groups is 1. The monoisotopic (exact) mass is 578 g/mol. The van der Waals surface area contributed by atoms with Gasteiger partial charge in [0.15, 0.2) is 20.8 Å². The first-order valence-electron chi connectivity index (χ1n) is 14.3. The number of carbonyl (C=O) groups excluding carboxylic acids is 1. The minimum Gasteiger partial charge on any atom is -0.477 e. The quantitative estimate of drug-likeness (QED) is 0.393. The summed E-state index contributed by atoms with van der Waals surface area (Å²) < 4.78 is 31.9. The second-order valence-corrected chi connectivity index (χ2v) is 14.2. The lowest BCUT2D eigenvalue weighted by Crippen LogP contribution is -2.41. The summed E-state index contributed by atoms with van der Waals surface area (Å²) in [6, 6.07) is 10.2. The number of fused-ring (bicyclic) bond motifs is 6. The van der Waals surface area contributed by atoms with Crippen LogP contribution in [-0.2, 0) is 9.92 Å². The van der Waals surface area contributed by atoms with Crippen LogP contribution in [0.4, 0.5) is 11.6 Å². The minimum atomic E-state index is -3.72. The van der Waals surface area contributed by atoms with Gasteiger partial charge in [-0.3, -0.25) is 9.52 Å². The normalized spacial score (nSPS) is 24.8. The number of pyridine rings is 2. The molecule has 41 heavy (non-hydrogen) atoms. The summed E-state index contributed by atoms with van der Waals surface area (Å²) in [5.41, 5.74) is 0.403. The van der Waals surface area contributed by atoms with Crippen molar-refractivity contribution in [2.24, 2.45) is 11.3 Å². The van der Waals surface area contributed by atoms with E-state index in [0.717, 1.165) is 32.2 Å². The van der Waals surface area contributed by atoms with Crippen LogP contribution >= 0.6 is 0 Å². The van der Waals surface area contributed by atoms with Crippen LogP contribution in [0.1, 0.15) is 69.7 Å². The van der Waals surface area contributed by atoms with Gasteiger partial charge in [-0.05, 0) is 88.0 Å². The van der Waals surface area contributed by atoms with Crippen LogP contribution in [0.15, 0.2) is 47.6 Å². The standard InChI is InChI=1S/C29H38N8O3S/c1-28(2)18-20-6-5-15-31-22-7-4-8-25(32-22)41(30,39)35-27(38)21-9-10-23(33-26(21)36(28)19-20)37-16-11-24(34-37)40-17-14-29(3)12-13-29/h4,7-11,16,20H,5-6,12-15,17-19H2,1-3H3,(H,31,32)(H2,30,35,38,39). The Morgan fingerprint density at radius 1 is 1.15 bits per heavy atom. The van der Waals surface area contributed by atoms with Gasteiger partial charge >= 0.3 is 0 Å². The number of amides is 1. The smallest absolute Gasteiger partial charge is 0.267 e. The highest BCUT2D eigenvalue weighted by Gasteiger charge is 2.41. The van der Waals surface area contributed by atoms with Crippen molar-refractivity contribution in [3.8, 4) is 11.7 Å². The van der Waals surface area contributed by atoms with E-state index in [0.29, 0.717) is 47.8 Å². The Morgan fingerprint density at radius 2 is 1.98 bits per heavy atom. The molecule has 218 valence electrons. The van der Waals surface area contributed by atoms with Crippen LogP contribution < -0.4 is 19.7 Å². The second-order valence-electron chi connectivity index (χ2n) is 12.5. The Labute approximate surface area is 241 Å². The fourth-order valence-electron chi connectivity index (χ4n) is 5.80. The van der Waals surface area contributed by atoms with Crippen molar-refractivity contribution in [2.75, 3.05) is 29.9 Å². The number of hydrogen-bond donors (Lipinski definition) is 3. The van der Waals surface area contributed by atoms with Crippen LogP contribution in [0.2, 0.25) is 0 Å². The summed E-state index contributed by atoms with van der Waals surface area (Å²) in [6.45, 7) is 8.66. The van der Waals surface area contributed by atoms with Crippen molar-refractivity contribution < 1.29 is 13.7 Å². The Bertz CT molecular complexity index is 1560. The van der Waals surface area contributed by atoms with E-state index in [4.69, 9.17) is 14.5 Å². The van der Waals surface area contributed by atoms with Gasteiger partial charge in [-0.2, -0.15) is 0 Å². The first-order valence-corrected chi connectivity index (χ1v) is 15.9. The maximum absolute atomic E-state index is 13.6. The van der Waals surface area contributed by atoms with E-state index in [1.54, 1.807) is 35.1 Å². The first kappa shape index (κ1) is 27.5. The summed E-state index contributed by atoms with van der Waals surface area (Å²) in [5.74, 6) is 1.88. The van der Waals surface area contributed by atoms with Crippen molar-refractivity contribution in [3.05, 3.63) is 48.2 Å². The predicted molar refractivity (Wildman–Crippen MR) is 157 cm³/mol. The highest BCUT2D eigenvalue weighted by Crippen LogP contribution is 2.48. The molecule has 2 aliphatic heterocycles. The molecule has 1 saturated carbocycles. The average molecular weight is 579 g/mol. The highest BCUT2D eigenvalue weighted by atomic mass is 32.2. The Morgan fingerprint density at radius 3 is 2.78 bits per heavy atom. The number of ether oxygens (including phenoxy) is 1. The molecule has 2 atom stereocenters. The van der Waals surface area contributed by atoms with Crippen molar-refractivity contribution in [3.63, 3.8) is 0 Å². The van der Waals surface area contributed by atoms with Crippen LogP contribution in [0, 0.1) is 16.1 Å². The molecule has 6 rings (SSSR count). The van der Waals surface area contributed by atoms with Crippen molar-refractivity contribution in [1.82, 2.24) is 24.5 Å². The molecule has 0 radical (unpaired) electrons. The van der Waals surface area contributed by atoms with E-state index in [1.165, 1.54) is 18.9 Å². The number of hydrogen-bond acceptors (Lipinski definition) is 9. The van der Waals surface area contributed by atoms with Gasteiger partial charge in [-0.15, -0.1) is 5.10 Å². The van der Waals surface area contributed by atoms with E-state index >= 15 is 0 Å². The summed E-state index contributed by atoms with van der Waals surface area (Å²) >= 11 is 0. The molecule has 11 nitrogen and oxygen atoms in total. The molecule has 1 aliphatic carbocycles. The first-order chi connectivity index (χ1) is 19.5. The van der Waals surface area contributed by atoms with Crippen LogP contribution in [0.5, 0.6) is 5.88 Å². The lowest BCUT2D eigenvalue weighted by Gasteiger charge is -2.34. The lowest BCUT2D eigenvalue weighted by molar-refractivity contribution is 0.0982.